The highest BCUT2D eigenvalue weighted by molar-refractivity contribution is 7.98. The molecule has 0 bridgehead atoms. The van der Waals surface area contributed by atoms with Gasteiger partial charge in [-0.3, -0.25) is 9.59 Å². The summed E-state index contributed by atoms with van der Waals surface area (Å²) in [6.07, 6.45) is 7.25. The van der Waals surface area contributed by atoms with Crippen molar-refractivity contribution in [2.24, 2.45) is 5.41 Å². The minimum Gasteiger partial charge on any atom is -0.483 e. The number of nitrogens with one attached hydrogen (secondary N) is 2. The lowest BCUT2D eigenvalue weighted by Gasteiger charge is -2.37. The molecule has 12 heteroatoms. The number of carboxylic acids is 1. The van der Waals surface area contributed by atoms with Gasteiger partial charge in [0.15, 0.2) is 22.5 Å². The Morgan fingerprint density at radius 2 is 1.58 bits per heavy atom. The maximum absolute atomic E-state index is 14.3. The number of benzene rings is 3. The Bertz CT molecular complexity index is 1660. The fraction of sp³-hybridized carbons (Fsp3) is 0.417. The monoisotopic (exact) mass is 695 g/mol. The minimum absolute atomic E-state index is 0.0182. The summed E-state index contributed by atoms with van der Waals surface area (Å²) in [6, 6.07) is 20.2. The third kappa shape index (κ3) is 9.31. The van der Waals surface area contributed by atoms with Gasteiger partial charge in [0, 0.05) is 23.7 Å². The molecule has 0 saturated carbocycles. The van der Waals surface area contributed by atoms with Crippen LogP contribution < -0.4 is 20.3 Å². The molecule has 0 unspecified atom stereocenters. The van der Waals surface area contributed by atoms with Crippen molar-refractivity contribution in [1.82, 2.24) is 10.6 Å². The van der Waals surface area contributed by atoms with Crippen LogP contribution in [0.1, 0.15) is 64.0 Å². The molecule has 48 heavy (non-hydrogen) atoms. The summed E-state index contributed by atoms with van der Waals surface area (Å²) >= 11 is 1.38. The SMILES string of the molecule is CCCCC1(CCCC)CN(c2ccccc2)c2cc(SC)c(OCC(=O)NCC(=O)N[C@@H](C(=O)O)c3ccccc3)cc2S(=O)(=O)C1. The highest BCUT2D eigenvalue weighted by atomic mass is 32.2. The normalized spacial score (nSPS) is 15.4. The number of amides is 2. The number of unbranched alkanes of at least 4 members (excludes halogenated alkanes) is 2. The molecule has 10 nitrogen and oxygen atoms in total. The number of rotatable bonds is 16. The van der Waals surface area contributed by atoms with Crippen molar-refractivity contribution in [2.75, 3.05) is 36.6 Å². The molecule has 1 atom stereocenters. The molecule has 2 amide bonds. The maximum atomic E-state index is 14.3. The topological polar surface area (TPSA) is 142 Å². The second-order valence-corrected chi connectivity index (χ2v) is 15.0. The summed E-state index contributed by atoms with van der Waals surface area (Å²) in [4.78, 5) is 39.9. The van der Waals surface area contributed by atoms with Gasteiger partial charge in [-0.05, 0) is 42.9 Å². The molecule has 0 saturated heterocycles. The zero-order chi connectivity index (χ0) is 34.7. The van der Waals surface area contributed by atoms with E-state index in [4.69, 9.17) is 4.74 Å². The first kappa shape index (κ1) is 36.8. The number of carbonyl (C=O) groups excluding carboxylic acids is 2. The molecule has 3 aromatic rings. The number of carboxylic acid groups (broad SMARTS) is 1. The number of anilines is 2. The fourth-order valence-electron chi connectivity index (χ4n) is 6.10. The first-order valence-electron chi connectivity index (χ1n) is 16.3. The van der Waals surface area contributed by atoms with Crippen LogP contribution in [0.2, 0.25) is 0 Å². The van der Waals surface area contributed by atoms with Gasteiger partial charge < -0.3 is 25.4 Å². The molecule has 4 rings (SSSR count). The molecule has 1 aliphatic heterocycles. The molecule has 0 spiro atoms. The number of ether oxygens (including phenoxy) is 1. The number of hydrogen-bond acceptors (Lipinski definition) is 8. The van der Waals surface area contributed by atoms with E-state index in [0.29, 0.717) is 22.7 Å². The highest BCUT2D eigenvalue weighted by Crippen LogP contribution is 2.47. The van der Waals surface area contributed by atoms with Crippen LogP contribution >= 0.6 is 11.8 Å². The van der Waals surface area contributed by atoms with Gasteiger partial charge in [0.05, 0.1) is 27.8 Å². The molecular formula is C36H45N3O7S2. The van der Waals surface area contributed by atoms with Crippen molar-refractivity contribution in [3.8, 4) is 5.75 Å². The van der Waals surface area contributed by atoms with Crippen molar-refractivity contribution in [3.63, 3.8) is 0 Å². The Labute approximate surface area is 287 Å². The lowest BCUT2D eigenvalue weighted by Crippen LogP contribution is -2.42. The van der Waals surface area contributed by atoms with Gasteiger partial charge in [-0.25, -0.2) is 13.2 Å². The standard InChI is InChI=1S/C36H45N3O7S2/c1-4-6-18-36(19-7-5-2)24-39(27-16-12-9-13-17-27)28-20-30(47-3)29(21-31(28)48(44,45)25-36)46-23-33(41)37-22-32(40)38-34(35(42)43)26-14-10-8-11-15-26/h8-17,20-21,34H,4-7,18-19,22-25H2,1-3H3,(H,37,41)(H,38,40)(H,42,43)/t34-/m1/s1. The van der Waals surface area contributed by atoms with Crippen LogP contribution in [0, 0.1) is 5.41 Å². The molecule has 3 N–H and O–H groups in total. The molecule has 258 valence electrons. The van der Waals surface area contributed by atoms with Crippen LogP contribution in [0.15, 0.2) is 82.6 Å². The summed E-state index contributed by atoms with van der Waals surface area (Å²) in [5, 5.41) is 14.4. The van der Waals surface area contributed by atoms with Crippen LogP contribution in [0.4, 0.5) is 11.4 Å². The van der Waals surface area contributed by atoms with Crippen molar-refractivity contribution >= 4 is 50.8 Å². The van der Waals surface area contributed by atoms with Crippen molar-refractivity contribution in [3.05, 3.63) is 78.4 Å². The number of fused-ring (bicyclic) bond motifs is 1. The molecule has 0 aliphatic carbocycles. The van der Waals surface area contributed by atoms with Gasteiger partial charge >= 0.3 is 5.97 Å². The van der Waals surface area contributed by atoms with E-state index in [0.717, 1.165) is 44.2 Å². The first-order valence-corrected chi connectivity index (χ1v) is 19.1. The maximum Gasteiger partial charge on any atom is 0.330 e. The Hall–Kier alpha value is -4.03. The van der Waals surface area contributed by atoms with Gasteiger partial charge in [0.25, 0.3) is 5.91 Å². The molecule has 0 fully saturated rings. The zero-order valence-electron chi connectivity index (χ0n) is 27.7. The second-order valence-electron chi connectivity index (χ2n) is 12.2. The van der Waals surface area contributed by atoms with Gasteiger partial charge in [-0.1, -0.05) is 88.1 Å². The Kier molecular flexibility index (Phi) is 12.9. The molecule has 1 aliphatic rings. The predicted molar refractivity (Wildman–Crippen MR) is 189 cm³/mol. The third-order valence-corrected chi connectivity index (χ3v) is 11.3. The van der Waals surface area contributed by atoms with E-state index < -0.39 is 52.2 Å². The summed E-state index contributed by atoms with van der Waals surface area (Å²) in [6.45, 7) is 3.87. The van der Waals surface area contributed by atoms with Gasteiger partial charge in [0.2, 0.25) is 5.91 Å². The average Bonchev–Trinajstić information content (AvgIpc) is 3.18. The fourth-order valence-corrected chi connectivity index (χ4v) is 8.76. The number of thioether (sulfide) groups is 1. The summed E-state index contributed by atoms with van der Waals surface area (Å²) in [5.74, 6) is -2.26. The Balaban J connectivity index is 1.57. The minimum atomic E-state index is -3.77. The van der Waals surface area contributed by atoms with E-state index in [2.05, 4.69) is 29.4 Å². The summed E-state index contributed by atoms with van der Waals surface area (Å²) < 4.78 is 34.4. The number of carbonyl (C=O) groups is 3. The Morgan fingerprint density at radius 3 is 2.17 bits per heavy atom. The third-order valence-electron chi connectivity index (χ3n) is 8.54. The van der Waals surface area contributed by atoms with E-state index in [1.807, 2.05) is 42.7 Å². The predicted octanol–water partition coefficient (Wildman–Crippen LogP) is 6.14. The number of aliphatic carboxylic acids is 1. The lowest BCUT2D eigenvalue weighted by atomic mass is 9.79. The van der Waals surface area contributed by atoms with Gasteiger partial charge in [-0.2, -0.15) is 0 Å². The van der Waals surface area contributed by atoms with Crippen molar-refractivity contribution in [1.29, 1.82) is 0 Å². The van der Waals surface area contributed by atoms with E-state index in [9.17, 15) is 27.9 Å². The molecule has 0 aromatic heterocycles. The Morgan fingerprint density at radius 1 is 0.958 bits per heavy atom. The van der Waals surface area contributed by atoms with Crippen molar-refractivity contribution in [2.45, 2.75) is 68.2 Å². The first-order chi connectivity index (χ1) is 23.0. The van der Waals surface area contributed by atoms with Gasteiger partial charge in [0.1, 0.15) is 5.75 Å². The summed E-state index contributed by atoms with van der Waals surface area (Å²) in [5.41, 5.74) is 1.44. The van der Waals surface area contributed by atoms with Crippen LogP contribution in [-0.2, 0) is 24.2 Å². The lowest BCUT2D eigenvalue weighted by molar-refractivity contribution is -0.142. The number of hydrogen-bond donors (Lipinski definition) is 3. The molecular weight excluding hydrogens is 651 g/mol. The van der Waals surface area contributed by atoms with Gasteiger partial charge in [-0.15, -0.1) is 11.8 Å². The van der Waals surface area contributed by atoms with Crippen LogP contribution in [0.3, 0.4) is 0 Å². The molecule has 3 aromatic carbocycles. The summed E-state index contributed by atoms with van der Waals surface area (Å²) in [7, 11) is -3.77. The smallest absolute Gasteiger partial charge is 0.330 e. The van der Waals surface area contributed by atoms with Crippen molar-refractivity contribution < 1.29 is 32.6 Å². The molecule has 0 radical (unpaired) electrons. The number of para-hydroxylation sites is 1. The zero-order valence-corrected chi connectivity index (χ0v) is 29.4. The number of sulfone groups is 1. The average molecular weight is 696 g/mol. The van der Waals surface area contributed by atoms with Crippen LogP contribution in [0.25, 0.3) is 0 Å². The largest absolute Gasteiger partial charge is 0.483 e. The highest BCUT2D eigenvalue weighted by Gasteiger charge is 2.42. The second kappa shape index (κ2) is 16.9. The van der Waals surface area contributed by atoms with E-state index in [1.165, 1.54) is 17.8 Å². The van der Waals surface area contributed by atoms with E-state index >= 15 is 0 Å². The quantitative estimate of drug-likeness (QED) is 0.151. The molecule has 1 heterocycles. The van der Waals surface area contributed by atoms with E-state index in [-0.39, 0.29) is 16.4 Å². The number of nitrogens with zero attached hydrogens (tertiary/aromatic N) is 1. The van der Waals surface area contributed by atoms with Crippen LogP contribution in [-0.4, -0.2) is 63.0 Å². The van der Waals surface area contributed by atoms with E-state index in [1.54, 1.807) is 30.3 Å². The van der Waals surface area contributed by atoms with Crippen LogP contribution in [0.5, 0.6) is 5.75 Å².